The number of benzene rings is 1. The van der Waals surface area contributed by atoms with Crippen molar-refractivity contribution in [2.75, 3.05) is 18.6 Å². The summed E-state index contributed by atoms with van der Waals surface area (Å²) in [5, 5.41) is 0. The van der Waals surface area contributed by atoms with Crippen LogP contribution in [0.15, 0.2) is 12.1 Å². The zero-order valence-electron chi connectivity index (χ0n) is 8.26. The number of carbonyl (C=O) groups is 1. The van der Waals surface area contributed by atoms with Gasteiger partial charge in [0.05, 0.1) is 29.6 Å². The molecule has 4 nitrogen and oxygen atoms in total. The molecule has 0 amide bonds. The highest BCUT2D eigenvalue weighted by Gasteiger charge is 2.34. The van der Waals surface area contributed by atoms with Gasteiger partial charge in [0, 0.05) is 0 Å². The highest BCUT2D eigenvalue weighted by Crippen LogP contribution is 2.37. The van der Waals surface area contributed by atoms with E-state index < -0.39 is 23.4 Å². The number of nitrogen functional groups attached to an aromatic ring is 2. The van der Waals surface area contributed by atoms with Crippen LogP contribution in [0.2, 0.25) is 0 Å². The van der Waals surface area contributed by atoms with Crippen LogP contribution in [0.3, 0.4) is 0 Å². The van der Waals surface area contributed by atoms with Crippen molar-refractivity contribution in [3.8, 4) is 0 Å². The molecule has 1 rings (SSSR count). The van der Waals surface area contributed by atoms with Crippen molar-refractivity contribution in [2.24, 2.45) is 0 Å². The van der Waals surface area contributed by atoms with E-state index in [4.69, 9.17) is 11.5 Å². The number of carbonyl (C=O) groups excluding carboxylic acids is 1. The second kappa shape index (κ2) is 3.92. The fourth-order valence-corrected chi connectivity index (χ4v) is 1.15. The third-order valence-electron chi connectivity index (χ3n) is 1.94. The third-order valence-corrected chi connectivity index (χ3v) is 1.94. The Balaban J connectivity index is 3.39. The molecule has 0 heterocycles. The van der Waals surface area contributed by atoms with E-state index in [0.717, 1.165) is 13.2 Å². The van der Waals surface area contributed by atoms with Gasteiger partial charge >= 0.3 is 12.1 Å². The van der Waals surface area contributed by atoms with Crippen molar-refractivity contribution in [1.82, 2.24) is 0 Å². The summed E-state index contributed by atoms with van der Waals surface area (Å²) >= 11 is 0. The maximum Gasteiger partial charge on any atom is 0.418 e. The fraction of sp³-hybridized carbons (Fsp3) is 0.222. The second-order valence-electron chi connectivity index (χ2n) is 3.02. The molecule has 0 aliphatic rings. The molecule has 0 spiro atoms. The number of halogens is 3. The Kier molecular flexibility index (Phi) is 2.97. The molecular weight excluding hydrogens is 225 g/mol. The van der Waals surface area contributed by atoms with Crippen molar-refractivity contribution < 1.29 is 22.7 Å². The average molecular weight is 234 g/mol. The first kappa shape index (κ1) is 12.2. The normalized spacial score (nSPS) is 11.2. The molecule has 0 radical (unpaired) electrons. The number of methoxy groups -OCH3 is 1. The lowest BCUT2D eigenvalue weighted by Crippen LogP contribution is -2.13. The van der Waals surface area contributed by atoms with E-state index in [1.165, 1.54) is 0 Å². The van der Waals surface area contributed by atoms with Crippen molar-refractivity contribution in [3.63, 3.8) is 0 Å². The number of hydrogen-bond acceptors (Lipinski definition) is 4. The number of nitrogens with two attached hydrogens (primary N) is 2. The van der Waals surface area contributed by atoms with Crippen LogP contribution in [0.4, 0.5) is 24.5 Å². The van der Waals surface area contributed by atoms with Gasteiger partial charge in [-0.05, 0) is 12.1 Å². The molecule has 1 aromatic carbocycles. The van der Waals surface area contributed by atoms with Crippen LogP contribution in [0, 0.1) is 0 Å². The Morgan fingerprint density at radius 2 is 1.88 bits per heavy atom. The van der Waals surface area contributed by atoms with E-state index in [0.29, 0.717) is 6.07 Å². The molecule has 0 saturated heterocycles. The van der Waals surface area contributed by atoms with Crippen LogP contribution < -0.4 is 11.5 Å². The summed E-state index contributed by atoms with van der Waals surface area (Å²) in [7, 11) is 1.06. The monoisotopic (exact) mass is 234 g/mol. The number of hydrogen-bond donors (Lipinski definition) is 2. The zero-order valence-corrected chi connectivity index (χ0v) is 8.26. The number of anilines is 2. The first-order valence-corrected chi connectivity index (χ1v) is 4.12. The summed E-state index contributed by atoms with van der Waals surface area (Å²) in [5.41, 5.74) is 8.12. The quantitative estimate of drug-likeness (QED) is 0.572. The van der Waals surface area contributed by atoms with Crippen LogP contribution in [-0.4, -0.2) is 13.1 Å². The molecule has 0 aliphatic heterocycles. The van der Waals surface area contributed by atoms with Gasteiger partial charge in [-0.1, -0.05) is 0 Å². The van der Waals surface area contributed by atoms with Gasteiger partial charge in [0.1, 0.15) is 0 Å². The molecule has 16 heavy (non-hydrogen) atoms. The van der Waals surface area contributed by atoms with Gasteiger partial charge in [-0.15, -0.1) is 0 Å². The molecule has 7 heteroatoms. The SMILES string of the molecule is COC(=O)c1cc(N)c(N)c(C(F)(F)F)c1. The summed E-state index contributed by atoms with van der Waals surface area (Å²) in [6.45, 7) is 0. The summed E-state index contributed by atoms with van der Waals surface area (Å²) in [5.74, 6) is -0.905. The molecule has 0 unspecified atom stereocenters. The van der Waals surface area contributed by atoms with E-state index in [-0.39, 0.29) is 11.3 Å². The first-order chi connectivity index (χ1) is 7.27. The largest absolute Gasteiger partial charge is 0.465 e. The maximum atomic E-state index is 12.5. The van der Waals surface area contributed by atoms with Gasteiger partial charge < -0.3 is 16.2 Å². The molecule has 0 fully saturated rings. The average Bonchev–Trinajstić information content (AvgIpc) is 2.18. The van der Waals surface area contributed by atoms with Gasteiger partial charge in [0.15, 0.2) is 0 Å². The molecule has 1 aromatic rings. The number of alkyl halides is 3. The minimum absolute atomic E-state index is 0.290. The van der Waals surface area contributed by atoms with E-state index in [1.807, 2.05) is 0 Å². The maximum absolute atomic E-state index is 12.5. The third kappa shape index (κ3) is 2.18. The predicted octanol–water partition coefficient (Wildman–Crippen LogP) is 1.66. The molecule has 0 bridgehead atoms. The lowest BCUT2D eigenvalue weighted by molar-refractivity contribution is -0.136. The van der Waals surface area contributed by atoms with E-state index in [1.54, 1.807) is 0 Å². The van der Waals surface area contributed by atoms with Crippen molar-refractivity contribution in [2.45, 2.75) is 6.18 Å². The fourth-order valence-electron chi connectivity index (χ4n) is 1.15. The Bertz CT molecular complexity index is 429. The summed E-state index contributed by atoms with van der Waals surface area (Å²) in [6.07, 6.45) is -4.66. The molecule has 4 N–H and O–H groups in total. The summed E-state index contributed by atoms with van der Waals surface area (Å²) in [6, 6.07) is 1.65. The van der Waals surface area contributed by atoms with Crippen LogP contribution in [0.5, 0.6) is 0 Å². The Hall–Kier alpha value is -1.92. The van der Waals surface area contributed by atoms with E-state index in [9.17, 15) is 18.0 Å². The second-order valence-corrected chi connectivity index (χ2v) is 3.02. The van der Waals surface area contributed by atoms with Crippen molar-refractivity contribution in [1.29, 1.82) is 0 Å². The van der Waals surface area contributed by atoms with Crippen LogP contribution in [-0.2, 0) is 10.9 Å². The van der Waals surface area contributed by atoms with Crippen LogP contribution in [0.25, 0.3) is 0 Å². The number of rotatable bonds is 1. The first-order valence-electron chi connectivity index (χ1n) is 4.12. The Morgan fingerprint density at radius 3 is 2.31 bits per heavy atom. The zero-order chi connectivity index (χ0) is 12.5. The lowest BCUT2D eigenvalue weighted by Gasteiger charge is -2.13. The summed E-state index contributed by atoms with van der Waals surface area (Å²) in [4.78, 5) is 11.1. The van der Waals surface area contributed by atoms with Crippen molar-refractivity contribution >= 4 is 17.3 Å². The van der Waals surface area contributed by atoms with Gasteiger partial charge in [0.2, 0.25) is 0 Å². The van der Waals surface area contributed by atoms with Gasteiger partial charge in [-0.2, -0.15) is 13.2 Å². The minimum Gasteiger partial charge on any atom is -0.465 e. The lowest BCUT2D eigenvalue weighted by atomic mass is 10.1. The molecule has 0 aromatic heterocycles. The number of ether oxygens (including phenoxy) is 1. The van der Waals surface area contributed by atoms with Crippen molar-refractivity contribution in [3.05, 3.63) is 23.3 Å². The summed E-state index contributed by atoms with van der Waals surface area (Å²) < 4.78 is 41.8. The molecule has 88 valence electrons. The van der Waals surface area contributed by atoms with Gasteiger partial charge in [0.25, 0.3) is 0 Å². The molecule has 0 aliphatic carbocycles. The standard InChI is InChI=1S/C9H9F3N2O2/c1-16-8(15)4-2-5(9(10,11)12)7(14)6(13)3-4/h2-3H,13-14H2,1H3. The molecule has 0 atom stereocenters. The predicted molar refractivity (Wildman–Crippen MR) is 51.6 cm³/mol. The number of esters is 1. The van der Waals surface area contributed by atoms with Gasteiger partial charge in [-0.25, -0.2) is 4.79 Å². The topological polar surface area (TPSA) is 78.3 Å². The van der Waals surface area contributed by atoms with Gasteiger partial charge in [-0.3, -0.25) is 0 Å². The molecular formula is C9H9F3N2O2. The van der Waals surface area contributed by atoms with Crippen LogP contribution in [0.1, 0.15) is 15.9 Å². The Morgan fingerprint density at radius 1 is 1.31 bits per heavy atom. The molecule has 0 saturated carbocycles. The highest BCUT2D eigenvalue weighted by atomic mass is 19.4. The van der Waals surface area contributed by atoms with E-state index in [2.05, 4.69) is 4.74 Å². The van der Waals surface area contributed by atoms with E-state index >= 15 is 0 Å². The highest BCUT2D eigenvalue weighted by molar-refractivity contribution is 5.92. The smallest absolute Gasteiger partial charge is 0.418 e. The Labute approximate surface area is 89.0 Å². The van der Waals surface area contributed by atoms with Crippen LogP contribution >= 0.6 is 0 Å². The minimum atomic E-state index is -4.66.